The lowest BCUT2D eigenvalue weighted by Gasteiger charge is -2.22. The van der Waals surface area contributed by atoms with Gasteiger partial charge < -0.3 is 14.9 Å². The largest absolute Gasteiger partial charge is 0.387 e. The Kier molecular flexibility index (Phi) is 4.22. The SMILES string of the molecule is Cc1noc(C)c1CCC(=O)NCC1(O)Cc2ccccc2C1. The zero-order valence-electron chi connectivity index (χ0n) is 13.6. The molecule has 2 N–H and O–H groups in total. The second-order valence-corrected chi connectivity index (χ2v) is 6.43. The van der Waals surface area contributed by atoms with Crippen LogP contribution in [0.15, 0.2) is 28.8 Å². The number of nitrogens with one attached hydrogen (secondary N) is 1. The van der Waals surface area contributed by atoms with Crippen molar-refractivity contribution in [3.8, 4) is 0 Å². The smallest absolute Gasteiger partial charge is 0.220 e. The first-order valence-corrected chi connectivity index (χ1v) is 7.94. The van der Waals surface area contributed by atoms with E-state index in [-0.39, 0.29) is 12.5 Å². The summed E-state index contributed by atoms with van der Waals surface area (Å²) in [7, 11) is 0. The molecular weight excluding hydrogens is 292 g/mol. The first kappa shape index (κ1) is 15.7. The highest BCUT2D eigenvalue weighted by atomic mass is 16.5. The van der Waals surface area contributed by atoms with Crippen molar-refractivity contribution in [2.24, 2.45) is 0 Å². The number of aromatic nitrogens is 1. The van der Waals surface area contributed by atoms with Crippen LogP contribution < -0.4 is 5.32 Å². The fourth-order valence-electron chi connectivity index (χ4n) is 3.25. The molecule has 122 valence electrons. The number of carbonyl (C=O) groups is 1. The molecule has 1 aliphatic carbocycles. The number of hydrogen-bond donors (Lipinski definition) is 2. The van der Waals surface area contributed by atoms with Crippen molar-refractivity contribution in [1.29, 1.82) is 0 Å². The van der Waals surface area contributed by atoms with Crippen molar-refractivity contribution in [3.63, 3.8) is 0 Å². The number of carbonyl (C=O) groups excluding carboxylic acids is 1. The molecule has 0 saturated heterocycles. The molecule has 5 heteroatoms. The molecule has 0 fully saturated rings. The molecule has 0 bridgehead atoms. The Bertz CT molecular complexity index is 676. The normalized spacial score (nSPS) is 15.4. The predicted molar refractivity (Wildman–Crippen MR) is 86.1 cm³/mol. The van der Waals surface area contributed by atoms with Crippen molar-refractivity contribution in [3.05, 3.63) is 52.4 Å². The van der Waals surface area contributed by atoms with Gasteiger partial charge in [-0.25, -0.2) is 0 Å². The predicted octanol–water partition coefficient (Wildman–Crippen LogP) is 1.87. The number of aryl methyl sites for hydroxylation is 2. The summed E-state index contributed by atoms with van der Waals surface area (Å²) in [6.07, 6.45) is 2.15. The minimum atomic E-state index is -0.873. The van der Waals surface area contributed by atoms with Crippen LogP contribution in [0.4, 0.5) is 0 Å². The Hall–Kier alpha value is -2.14. The van der Waals surface area contributed by atoms with Gasteiger partial charge in [-0.1, -0.05) is 29.4 Å². The zero-order valence-corrected chi connectivity index (χ0v) is 13.6. The van der Waals surface area contributed by atoms with Crippen LogP contribution in [0.25, 0.3) is 0 Å². The maximum atomic E-state index is 12.1. The highest BCUT2D eigenvalue weighted by Gasteiger charge is 2.35. The number of aliphatic hydroxyl groups is 1. The van der Waals surface area contributed by atoms with Crippen LogP contribution >= 0.6 is 0 Å². The summed E-state index contributed by atoms with van der Waals surface area (Å²) in [6.45, 7) is 4.01. The van der Waals surface area contributed by atoms with E-state index in [9.17, 15) is 9.90 Å². The third-order valence-corrected chi connectivity index (χ3v) is 4.56. The molecular formula is C18H22N2O3. The molecule has 1 aromatic heterocycles. The first-order valence-electron chi connectivity index (χ1n) is 7.94. The van der Waals surface area contributed by atoms with E-state index < -0.39 is 5.60 Å². The van der Waals surface area contributed by atoms with Gasteiger partial charge in [0.05, 0.1) is 11.3 Å². The summed E-state index contributed by atoms with van der Waals surface area (Å²) < 4.78 is 5.10. The van der Waals surface area contributed by atoms with E-state index in [4.69, 9.17) is 4.52 Å². The van der Waals surface area contributed by atoms with Gasteiger partial charge in [-0.2, -0.15) is 0 Å². The number of rotatable bonds is 5. The molecule has 2 aromatic rings. The van der Waals surface area contributed by atoms with Crippen LogP contribution in [0.3, 0.4) is 0 Å². The van der Waals surface area contributed by atoms with Gasteiger partial charge in [0, 0.05) is 31.4 Å². The molecule has 0 unspecified atom stereocenters. The monoisotopic (exact) mass is 314 g/mol. The van der Waals surface area contributed by atoms with Crippen molar-refractivity contribution < 1.29 is 14.4 Å². The summed E-state index contributed by atoms with van der Waals surface area (Å²) in [5.74, 6) is 0.703. The first-order chi connectivity index (χ1) is 11.0. The fourth-order valence-corrected chi connectivity index (χ4v) is 3.25. The minimum Gasteiger partial charge on any atom is -0.387 e. The van der Waals surface area contributed by atoms with E-state index in [1.807, 2.05) is 38.1 Å². The Labute approximate surface area is 135 Å². The van der Waals surface area contributed by atoms with Crippen LogP contribution in [0.2, 0.25) is 0 Å². The van der Waals surface area contributed by atoms with Gasteiger partial charge in [-0.15, -0.1) is 0 Å². The molecule has 0 radical (unpaired) electrons. The van der Waals surface area contributed by atoms with Gasteiger partial charge >= 0.3 is 0 Å². The summed E-state index contributed by atoms with van der Waals surface area (Å²) in [5, 5.41) is 17.4. The van der Waals surface area contributed by atoms with Crippen LogP contribution in [-0.4, -0.2) is 28.3 Å². The van der Waals surface area contributed by atoms with Crippen LogP contribution in [0.1, 0.15) is 34.6 Å². The Balaban J connectivity index is 1.50. The average Bonchev–Trinajstić information content (AvgIpc) is 3.03. The number of amides is 1. The Morgan fingerprint density at radius 3 is 2.52 bits per heavy atom. The van der Waals surface area contributed by atoms with E-state index in [0.29, 0.717) is 25.7 Å². The third kappa shape index (κ3) is 3.45. The summed E-state index contributed by atoms with van der Waals surface area (Å²) >= 11 is 0. The molecule has 1 heterocycles. The number of hydrogen-bond acceptors (Lipinski definition) is 4. The van der Waals surface area contributed by atoms with E-state index >= 15 is 0 Å². The lowest BCUT2D eigenvalue weighted by Crippen LogP contribution is -2.43. The molecule has 0 aliphatic heterocycles. The zero-order chi connectivity index (χ0) is 16.4. The molecule has 0 spiro atoms. The van der Waals surface area contributed by atoms with Gasteiger partial charge in [0.15, 0.2) is 0 Å². The van der Waals surface area contributed by atoms with E-state index in [1.165, 1.54) is 11.1 Å². The number of nitrogens with zero attached hydrogens (tertiary/aromatic N) is 1. The molecule has 1 aliphatic rings. The van der Waals surface area contributed by atoms with E-state index in [2.05, 4.69) is 10.5 Å². The second kappa shape index (κ2) is 6.16. The Morgan fingerprint density at radius 2 is 1.96 bits per heavy atom. The van der Waals surface area contributed by atoms with Crippen LogP contribution in [0, 0.1) is 13.8 Å². The maximum Gasteiger partial charge on any atom is 0.220 e. The lowest BCUT2D eigenvalue weighted by atomic mass is 10.0. The number of benzene rings is 1. The highest BCUT2D eigenvalue weighted by molar-refractivity contribution is 5.76. The quantitative estimate of drug-likeness (QED) is 0.883. The van der Waals surface area contributed by atoms with Gasteiger partial charge in [0.25, 0.3) is 0 Å². The van der Waals surface area contributed by atoms with Gasteiger partial charge in [0.2, 0.25) is 5.91 Å². The third-order valence-electron chi connectivity index (χ3n) is 4.56. The summed E-state index contributed by atoms with van der Waals surface area (Å²) in [6, 6.07) is 8.03. The van der Waals surface area contributed by atoms with E-state index in [0.717, 1.165) is 17.0 Å². The summed E-state index contributed by atoms with van der Waals surface area (Å²) in [5.41, 5.74) is 3.29. The summed E-state index contributed by atoms with van der Waals surface area (Å²) in [4.78, 5) is 12.1. The standard InChI is InChI=1S/C18H22N2O3/c1-12-16(13(2)23-20-12)7-8-17(21)19-11-18(22)9-14-5-3-4-6-15(14)10-18/h3-6,22H,7-11H2,1-2H3,(H,19,21). The van der Waals surface area contributed by atoms with Gasteiger partial charge in [-0.05, 0) is 31.4 Å². The molecule has 5 nitrogen and oxygen atoms in total. The van der Waals surface area contributed by atoms with Gasteiger partial charge in [-0.3, -0.25) is 4.79 Å². The van der Waals surface area contributed by atoms with Crippen LogP contribution in [0.5, 0.6) is 0 Å². The number of fused-ring (bicyclic) bond motifs is 1. The fraction of sp³-hybridized carbons (Fsp3) is 0.444. The molecule has 1 aromatic carbocycles. The minimum absolute atomic E-state index is 0.0608. The maximum absolute atomic E-state index is 12.1. The Morgan fingerprint density at radius 1 is 1.30 bits per heavy atom. The molecule has 1 amide bonds. The van der Waals surface area contributed by atoms with Crippen molar-refractivity contribution in [2.75, 3.05) is 6.54 Å². The molecule has 0 atom stereocenters. The van der Waals surface area contributed by atoms with Crippen LogP contribution in [-0.2, 0) is 24.1 Å². The highest BCUT2D eigenvalue weighted by Crippen LogP contribution is 2.29. The average molecular weight is 314 g/mol. The topological polar surface area (TPSA) is 75.4 Å². The van der Waals surface area contributed by atoms with Crippen molar-refractivity contribution in [2.45, 2.75) is 45.1 Å². The van der Waals surface area contributed by atoms with E-state index in [1.54, 1.807) is 0 Å². The molecule has 23 heavy (non-hydrogen) atoms. The van der Waals surface area contributed by atoms with Crippen molar-refractivity contribution in [1.82, 2.24) is 10.5 Å². The van der Waals surface area contributed by atoms with Crippen molar-refractivity contribution >= 4 is 5.91 Å². The lowest BCUT2D eigenvalue weighted by molar-refractivity contribution is -0.122. The second-order valence-electron chi connectivity index (χ2n) is 6.43. The molecule has 3 rings (SSSR count). The van der Waals surface area contributed by atoms with Gasteiger partial charge in [0.1, 0.15) is 5.76 Å². The molecule has 0 saturated carbocycles.